The van der Waals surface area contributed by atoms with E-state index in [9.17, 15) is 4.79 Å². The minimum Gasteiger partial charge on any atom is -0.319 e. The van der Waals surface area contributed by atoms with E-state index < -0.39 is 0 Å². The topological polar surface area (TPSA) is 29.1 Å². The highest BCUT2D eigenvalue weighted by atomic mass is 16.1. The zero-order chi connectivity index (χ0) is 14.5. The maximum absolute atomic E-state index is 12.7. The van der Waals surface area contributed by atoms with Gasteiger partial charge in [-0.3, -0.25) is 4.79 Å². The zero-order valence-corrected chi connectivity index (χ0v) is 12.4. The van der Waals surface area contributed by atoms with E-state index in [4.69, 9.17) is 0 Å². The second-order valence-electron chi connectivity index (χ2n) is 5.14. The van der Waals surface area contributed by atoms with Crippen molar-refractivity contribution in [2.45, 2.75) is 20.3 Å². The van der Waals surface area contributed by atoms with Gasteiger partial charge in [-0.15, -0.1) is 0 Å². The van der Waals surface area contributed by atoms with Crippen molar-refractivity contribution < 1.29 is 4.79 Å². The Labute approximate surface area is 120 Å². The van der Waals surface area contributed by atoms with Crippen LogP contribution in [-0.2, 0) is 6.42 Å². The number of hydrogen-bond acceptors (Lipinski definition) is 2. The van der Waals surface area contributed by atoms with Gasteiger partial charge < -0.3 is 5.32 Å². The average molecular weight is 267 g/mol. The molecule has 0 unspecified atom stereocenters. The van der Waals surface area contributed by atoms with Gasteiger partial charge >= 0.3 is 0 Å². The zero-order valence-electron chi connectivity index (χ0n) is 12.4. The molecule has 0 aliphatic rings. The molecule has 0 heterocycles. The number of rotatable bonds is 5. The molecule has 2 heteroatoms. The molecule has 0 aliphatic heterocycles. The van der Waals surface area contributed by atoms with Crippen LogP contribution >= 0.6 is 0 Å². The standard InChI is InChI=1S/C18H21NO/c1-13-8-9-16(12-14(13)2)18(20)17-7-5-4-6-15(17)10-11-19-3/h4-9,12,19H,10-11H2,1-3H3. The highest BCUT2D eigenvalue weighted by Crippen LogP contribution is 2.17. The molecule has 0 radical (unpaired) electrons. The van der Waals surface area contributed by atoms with Crippen LogP contribution in [0.5, 0.6) is 0 Å². The van der Waals surface area contributed by atoms with Crippen LogP contribution in [0, 0.1) is 13.8 Å². The van der Waals surface area contributed by atoms with Crippen LogP contribution in [0.4, 0.5) is 0 Å². The van der Waals surface area contributed by atoms with Crippen LogP contribution in [0.2, 0.25) is 0 Å². The predicted molar refractivity (Wildman–Crippen MR) is 83.4 cm³/mol. The van der Waals surface area contributed by atoms with Crippen LogP contribution in [-0.4, -0.2) is 19.4 Å². The van der Waals surface area contributed by atoms with E-state index in [1.807, 2.05) is 56.4 Å². The number of benzene rings is 2. The van der Waals surface area contributed by atoms with Gasteiger partial charge in [0.1, 0.15) is 0 Å². The van der Waals surface area contributed by atoms with Gasteiger partial charge in [0, 0.05) is 11.1 Å². The second kappa shape index (κ2) is 6.49. The Morgan fingerprint density at radius 1 is 1.05 bits per heavy atom. The summed E-state index contributed by atoms with van der Waals surface area (Å²) in [4.78, 5) is 12.7. The molecule has 2 rings (SSSR count). The summed E-state index contributed by atoms with van der Waals surface area (Å²) >= 11 is 0. The molecule has 0 saturated carbocycles. The molecule has 0 aliphatic carbocycles. The highest BCUT2D eigenvalue weighted by Gasteiger charge is 2.13. The molecule has 0 bridgehead atoms. The smallest absolute Gasteiger partial charge is 0.193 e. The van der Waals surface area contributed by atoms with Crippen LogP contribution < -0.4 is 5.32 Å². The lowest BCUT2D eigenvalue weighted by molar-refractivity contribution is 0.103. The van der Waals surface area contributed by atoms with E-state index in [2.05, 4.69) is 12.2 Å². The minimum atomic E-state index is 0.111. The summed E-state index contributed by atoms with van der Waals surface area (Å²) in [6, 6.07) is 13.8. The molecule has 1 N–H and O–H groups in total. The first-order valence-electron chi connectivity index (χ1n) is 6.98. The molecular weight excluding hydrogens is 246 g/mol. The molecule has 0 atom stereocenters. The number of carbonyl (C=O) groups excluding carboxylic acids is 1. The molecule has 2 aromatic carbocycles. The third-order valence-electron chi connectivity index (χ3n) is 3.68. The quantitative estimate of drug-likeness (QED) is 0.842. The van der Waals surface area contributed by atoms with Gasteiger partial charge in [0.25, 0.3) is 0 Å². The van der Waals surface area contributed by atoms with Gasteiger partial charge in [0.15, 0.2) is 5.78 Å². The molecule has 0 spiro atoms. The van der Waals surface area contributed by atoms with Gasteiger partial charge in [0.2, 0.25) is 0 Å². The monoisotopic (exact) mass is 267 g/mol. The molecule has 2 nitrogen and oxygen atoms in total. The van der Waals surface area contributed by atoms with Gasteiger partial charge in [-0.25, -0.2) is 0 Å². The van der Waals surface area contributed by atoms with Gasteiger partial charge in [0.05, 0.1) is 0 Å². The van der Waals surface area contributed by atoms with E-state index in [-0.39, 0.29) is 5.78 Å². The lowest BCUT2D eigenvalue weighted by atomic mass is 9.95. The van der Waals surface area contributed by atoms with Crippen molar-refractivity contribution in [3.63, 3.8) is 0 Å². The maximum Gasteiger partial charge on any atom is 0.193 e. The van der Waals surface area contributed by atoms with E-state index in [0.29, 0.717) is 0 Å². The third kappa shape index (κ3) is 3.14. The van der Waals surface area contributed by atoms with Gasteiger partial charge in [-0.05, 0) is 56.6 Å². The second-order valence-corrected chi connectivity index (χ2v) is 5.14. The summed E-state index contributed by atoms with van der Waals surface area (Å²) in [6.07, 6.45) is 0.864. The summed E-state index contributed by atoms with van der Waals surface area (Å²) in [7, 11) is 1.92. The van der Waals surface area contributed by atoms with Crippen LogP contribution in [0.15, 0.2) is 42.5 Å². The highest BCUT2D eigenvalue weighted by molar-refractivity contribution is 6.10. The third-order valence-corrected chi connectivity index (χ3v) is 3.68. The van der Waals surface area contributed by atoms with Crippen molar-refractivity contribution in [1.29, 1.82) is 0 Å². The Bertz CT molecular complexity index is 617. The fourth-order valence-corrected chi connectivity index (χ4v) is 2.26. The lowest BCUT2D eigenvalue weighted by Gasteiger charge is -2.10. The number of carbonyl (C=O) groups is 1. The summed E-state index contributed by atoms with van der Waals surface area (Å²) in [5, 5.41) is 3.13. The van der Waals surface area contributed by atoms with Crippen molar-refractivity contribution in [1.82, 2.24) is 5.32 Å². The van der Waals surface area contributed by atoms with E-state index in [0.717, 1.165) is 35.2 Å². The fourth-order valence-electron chi connectivity index (χ4n) is 2.26. The van der Waals surface area contributed by atoms with Gasteiger partial charge in [-0.1, -0.05) is 36.4 Å². The molecule has 0 saturated heterocycles. The lowest BCUT2D eigenvalue weighted by Crippen LogP contribution is -2.13. The van der Waals surface area contributed by atoms with Crippen molar-refractivity contribution >= 4 is 5.78 Å². The first kappa shape index (κ1) is 14.5. The Balaban J connectivity index is 2.35. The minimum absolute atomic E-state index is 0.111. The molecule has 2 aromatic rings. The van der Waals surface area contributed by atoms with Gasteiger partial charge in [-0.2, -0.15) is 0 Å². The summed E-state index contributed by atoms with van der Waals surface area (Å²) in [6.45, 7) is 4.97. The molecular formula is C18H21NO. The Kier molecular flexibility index (Phi) is 4.70. The molecule has 0 fully saturated rings. The Morgan fingerprint density at radius 2 is 1.80 bits per heavy atom. The van der Waals surface area contributed by atoms with Crippen LogP contribution in [0.3, 0.4) is 0 Å². The summed E-state index contributed by atoms with van der Waals surface area (Å²) in [5.41, 5.74) is 5.05. The Hall–Kier alpha value is -1.93. The first-order chi connectivity index (χ1) is 9.63. The molecule has 20 heavy (non-hydrogen) atoms. The number of ketones is 1. The Morgan fingerprint density at radius 3 is 2.50 bits per heavy atom. The number of hydrogen-bond donors (Lipinski definition) is 1. The largest absolute Gasteiger partial charge is 0.319 e. The average Bonchev–Trinajstić information content (AvgIpc) is 2.47. The summed E-state index contributed by atoms with van der Waals surface area (Å²) < 4.78 is 0. The van der Waals surface area contributed by atoms with E-state index in [1.54, 1.807) is 0 Å². The maximum atomic E-state index is 12.7. The first-order valence-corrected chi connectivity index (χ1v) is 6.98. The van der Waals surface area contributed by atoms with Crippen molar-refractivity contribution in [3.05, 3.63) is 70.3 Å². The van der Waals surface area contributed by atoms with Crippen LogP contribution in [0.25, 0.3) is 0 Å². The van der Waals surface area contributed by atoms with Crippen molar-refractivity contribution in [3.8, 4) is 0 Å². The molecule has 0 aromatic heterocycles. The normalized spacial score (nSPS) is 10.6. The SMILES string of the molecule is CNCCc1ccccc1C(=O)c1ccc(C)c(C)c1. The number of aryl methyl sites for hydroxylation is 2. The molecule has 104 valence electrons. The predicted octanol–water partition coefficient (Wildman–Crippen LogP) is 3.30. The van der Waals surface area contributed by atoms with Crippen LogP contribution in [0.1, 0.15) is 32.6 Å². The molecule has 0 amide bonds. The van der Waals surface area contributed by atoms with Crippen molar-refractivity contribution in [2.24, 2.45) is 0 Å². The fraction of sp³-hybridized carbons (Fsp3) is 0.278. The van der Waals surface area contributed by atoms with E-state index in [1.165, 1.54) is 5.56 Å². The van der Waals surface area contributed by atoms with Crippen molar-refractivity contribution in [2.75, 3.05) is 13.6 Å². The van der Waals surface area contributed by atoms with E-state index >= 15 is 0 Å². The summed E-state index contributed by atoms with van der Waals surface area (Å²) in [5.74, 6) is 0.111. The number of nitrogens with one attached hydrogen (secondary N) is 1. The number of likely N-dealkylation sites (N-methyl/N-ethyl adjacent to an activating group) is 1.